The summed E-state index contributed by atoms with van der Waals surface area (Å²) < 4.78 is 15.3. The van der Waals surface area contributed by atoms with Gasteiger partial charge in [-0.3, -0.25) is 9.59 Å². The smallest absolute Gasteiger partial charge is 0.335 e. The van der Waals surface area contributed by atoms with Gasteiger partial charge in [-0.15, -0.1) is 0 Å². The largest absolute Gasteiger partial charge is 0.466 e. The Morgan fingerprint density at radius 2 is 0.953 bits per heavy atom. The van der Waals surface area contributed by atoms with Gasteiger partial charge in [-0.05, 0) is 34.4 Å². The van der Waals surface area contributed by atoms with Gasteiger partial charge in [0.05, 0.1) is 32.4 Å². The van der Waals surface area contributed by atoms with Gasteiger partial charge in [0.15, 0.2) is 0 Å². The van der Waals surface area contributed by atoms with E-state index >= 15 is 0 Å². The fourth-order valence-corrected chi connectivity index (χ4v) is 9.29. The van der Waals surface area contributed by atoms with Crippen molar-refractivity contribution in [2.24, 2.45) is 0 Å². The number of carbonyl (C=O) groups excluding carboxylic acids is 4. The maximum atomic E-state index is 13.6. The van der Waals surface area contributed by atoms with Crippen LogP contribution in [-0.4, -0.2) is 43.4 Å². The van der Waals surface area contributed by atoms with E-state index in [0.29, 0.717) is 5.56 Å². The van der Waals surface area contributed by atoms with Crippen LogP contribution in [0.15, 0.2) is 127 Å². The van der Waals surface area contributed by atoms with Gasteiger partial charge < -0.3 is 14.2 Å². The molecule has 0 fully saturated rings. The molecule has 0 aliphatic heterocycles. The SMILES string of the molecule is COC(=O)C(CC(=O)OC(=O)C/C(=C/c1ccccc1)C(=O)OC)=P(c1ccccc1)(c1ccccc1)c1ccccc1. The summed E-state index contributed by atoms with van der Waals surface area (Å²) in [6, 6.07) is 37.3. The molecule has 0 radical (unpaired) electrons. The Morgan fingerprint density at radius 3 is 1.37 bits per heavy atom. The zero-order valence-electron chi connectivity index (χ0n) is 23.8. The maximum Gasteiger partial charge on any atom is 0.335 e. The molecule has 0 spiro atoms. The monoisotopic (exact) mass is 594 g/mol. The topological polar surface area (TPSA) is 96.0 Å². The van der Waals surface area contributed by atoms with Gasteiger partial charge >= 0.3 is 23.9 Å². The minimum atomic E-state index is -2.98. The summed E-state index contributed by atoms with van der Waals surface area (Å²) in [5.41, 5.74) is 0.690. The lowest BCUT2D eigenvalue weighted by atomic mass is 10.1. The summed E-state index contributed by atoms with van der Waals surface area (Å²) in [6.07, 6.45) is 0.484. The van der Waals surface area contributed by atoms with Crippen molar-refractivity contribution in [2.75, 3.05) is 14.2 Å². The zero-order valence-corrected chi connectivity index (χ0v) is 24.7. The lowest BCUT2D eigenvalue weighted by Gasteiger charge is -2.31. The summed E-state index contributed by atoms with van der Waals surface area (Å²) in [6.45, 7) is -2.98. The molecule has 218 valence electrons. The Kier molecular flexibility index (Phi) is 10.6. The molecule has 0 atom stereocenters. The predicted molar refractivity (Wildman–Crippen MR) is 169 cm³/mol. The second-order valence-electron chi connectivity index (χ2n) is 9.39. The van der Waals surface area contributed by atoms with Gasteiger partial charge in [-0.2, -0.15) is 0 Å². The molecule has 0 heterocycles. The lowest BCUT2D eigenvalue weighted by molar-refractivity contribution is -0.159. The van der Waals surface area contributed by atoms with Crippen molar-refractivity contribution in [3.05, 3.63) is 132 Å². The highest BCUT2D eigenvalue weighted by Crippen LogP contribution is 2.47. The van der Waals surface area contributed by atoms with Gasteiger partial charge in [0, 0.05) is 5.57 Å². The number of hydrogen-bond acceptors (Lipinski definition) is 7. The fourth-order valence-electron chi connectivity index (χ4n) is 4.87. The van der Waals surface area contributed by atoms with Gasteiger partial charge in [-0.1, -0.05) is 121 Å². The van der Waals surface area contributed by atoms with E-state index in [1.54, 1.807) is 24.3 Å². The highest BCUT2D eigenvalue weighted by atomic mass is 31.2. The molecule has 0 unspecified atom stereocenters. The number of esters is 4. The first kappa shape index (κ1) is 30.9. The summed E-state index contributed by atoms with van der Waals surface area (Å²) in [5, 5.41) is 2.64. The first-order chi connectivity index (χ1) is 20.9. The first-order valence-electron chi connectivity index (χ1n) is 13.5. The van der Waals surface area contributed by atoms with E-state index in [1.165, 1.54) is 20.3 Å². The lowest BCUT2D eigenvalue weighted by Crippen LogP contribution is -2.35. The maximum absolute atomic E-state index is 13.6. The minimum Gasteiger partial charge on any atom is -0.466 e. The normalized spacial score (nSPS) is 11.3. The molecule has 8 heteroatoms. The summed E-state index contributed by atoms with van der Waals surface area (Å²) >= 11 is 0. The number of hydrogen-bond donors (Lipinski definition) is 0. The predicted octanol–water partition coefficient (Wildman–Crippen LogP) is 4.43. The summed E-state index contributed by atoms with van der Waals surface area (Å²) in [5.74, 6) is -3.31. The first-order valence-corrected chi connectivity index (χ1v) is 15.3. The third-order valence-electron chi connectivity index (χ3n) is 6.72. The van der Waals surface area contributed by atoms with Crippen molar-refractivity contribution >= 4 is 58.0 Å². The minimum absolute atomic E-state index is 0.0170. The Labute approximate surface area is 250 Å². The third-order valence-corrected chi connectivity index (χ3v) is 11.1. The van der Waals surface area contributed by atoms with Crippen LogP contribution in [0.4, 0.5) is 0 Å². The van der Waals surface area contributed by atoms with Crippen LogP contribution in [0.3, 0.4) is 0 Å². The molecule has 0 saturated carbocycles. The van der Waals surface area contributed by atoms with Gasteiger partial charge in [0.2, 0.25) is 0 Å². The number of carbonyl (C=O) groups is 4. The van der Waals surface area contributed by atoms with Crippen LogP contribution in [0.5, 0.6) is 0 Å². The van der Waals surface area contributed by atoms with Crippen LogP contribution in [0.25, 0.3) is 6.08 Å². The van der Waals surface area contributed by atoms with Crippen molar-refractivity contribution in [3.8, 4) is 0 Å². The van der Waals surface area contributed by atoms with E-state index in [0.717, 1.165) is 15.9 Å². The number of rotatable bonds is 10. The van der Waals surface area contributed by atoms with Crippen LogP contribution in [-0.2, 0) is 33.4 Å². The number of ether oxygens (including phenoxy) is 3. The zero-order chi connectivity index (χ0) is 30.7. The Morgan fingerprint density at radius 1 is 0.558 bits per heavy atom. The van der Waals surface area contributed by atoms with Crippen LogP contribution >= 0.6 is 6.89 Å². The van der Waals surface area contributed by atoms with Crippen molar-refractivity contribution < 1.29 is 33.4 Å². The fraction of sp³-hybridized carbons (Fsp3) is 0.114. The highest BCUT2D eigenvalue weighted by molar-refractivity contribution is 7.96. The van der Waals surface area contributed by atoms with Crippen molar-refractivity contribution in [3.63, 3.8) is 0 Å². The molecule has 0 aliphatic carbocycles. The van der Waals surface area contributed by atoms with E-state index in [9.17, 15) is 19.2 Å². The van der Waals surface area contributed by atoms with Crippen LogP contribution in [0.2, 0.25) is 0 Å². The van der Waals surface area contributed by atoms with Crippen molar-refractivity contribution in [1.82, 2.24) is 0 Å². The number of methoxy groups -OCH3 is 2. The molecule has 0 saturated heterocycles. The van der Waals surface area contributed by atoms with Crippen LogP contribution < -0.4 is 15.9 Å². The second kappa shape index (κ2) is 14.8. The average Bonchev–Trinajstić information content (AvgIpc) is 3.05. The number of benzene rings is 4. The van der Waals surface area contributed by atoms with Crippen molar-refractivity contribution in [1.29, 1.82) is 0 Å². The second-order valence-corrected chi connectivity index (χ2v) is 12.8. The molecule has 0 N–H and O–H groups in total. The molecule has 0 aromatic heterocycles. The van der Waals surface area contributed by atoms with Crippen LogP contribution in [0, 0.1) is 0 Å². The molecule has 0 amide bonds. The third kappa shape index (κ3) is 7.26. The molecule has 4 aromatic rings. The Balaban J connectivity index is 1.80. The van der Waals surface area contributed by atoms with Gasteiger partial charge in [0.25, 0.3) is 0 Å². The molecular formula is C35H31O7P. The van der Waals surface area contributed by atoms with Gasteiger partial charge in [0.1, 0.15) is 0 Å². The van der Waals surface area contributed by atoms with E-state index in [1.807, 2.05) is 97.1 Å². The average molecular weight is 595 g/mol. The van der Waals surface area contributed by atoms with Crippen LogP contribution in [0.1, 0.15) is 18.4 Å². The standard InChI is InChI=1S/C35H31O7P/c1-40-34(38)27(23-26-15-7-3-8-16-26)24-32(36)42-33(37)25-31(35(39)41-2)43(28-17-9-4-10-18-28,29-19-11-5-12-20-29)30-21-13-6-14-22-30/h3-23H,24-25H2,1-2H3/b27-23-. The summed E-state index contributed by atoms with van der Waals surface area (Å²) in [7, 11) is 2.46. The van der Waals surface area contributed by atoms with E-state index < -0.39 is 43.6 Å². The molecule has 0 bridgehead atoms. The Bertz CT molecular complexity index is 1560. The quantitative estimate of drug-likeness (QED) is 0.0881. The highest BCUT2D eigenvalue weighted by Gasteiger charge is 2.35. The molecule has 43 heavy (non-hydrogen) atoms. The molecular weight excluding hydrogens is 563 g/mol. The van der Waals surface area contributed by atoms with Gasteiger partial charge in [-0.25, -0.2) is 9.59 Å². The summed E-state index contributed by atoms with van der Waals surface area (Å²) in [4.78, 5) is 52.4. The molecule has 0 aliphatic rings. The van der Waals surface area contributed by atoms with E-state index in [-0.39, 0.29) is 10.9 Å². The van der Waals surface area contributed by atoms with Crippen molar-refractivity contribution in [2.45, 2.75) is 12.8 Å². The molecule has 7 nitrogen and oxygen atoms in total. The van der Waals surface area contributed by atoms with E-state index in [2.05, 4.69) is 0 Å². The van der Waals surface area contributed by atoms with E-state index in [4.69, 9.17) is 14.2 Å². The molecule has 4 rings (SSSR count). The Hall–Kier alpha value is -5.00. The molecule has 4 aromatic carbocycles.